The van der Waals surface area contributed by atoms with Crippen LogP contribution in [0.25, 0.3) is 88.2 Å². The van der Waals surface area contributed by atoms with E-state index in [-0.39, 0.29) is 0 Å². The zero-order valence-corrected chi connectivity index (χ0v) is 39.6. The van der Waals surface area contributed by atoms with Crippen molar-refractivity contribution in [2.75, 3.05) is 4.90 Å². The molecule has 71 heavy (non-hydrogen) atoms. The second kappa shape index (κ2) is 17.8. The van der Waals surface area contributed by atoms with E-state index in [1.807, 2.05) is 0 Å². The van der Waals surface area contributed by atoms with Crippen LogP contribution in [0.1, 0.15) is 36.1 Å². The minimum atomic E-state index is 0.333. The van der Waals surface area contributed by atoms with Gasteiger partial charge < -0.3 is 9.47 Å². The van der Waals surface area contributed by atoms with Gasteiger partial charge in [0.05, 0.1) is 5.52 Å². The molecule has 2 heteroatoms. The average molecular weight is 907 g/mol. The zero-order valence-electron chi connectivity index (χ0n) is 39.6. The number of hydrogen-bond acceptors (Lipinski definition) is 1. The third-order valence-electron chi connectivity index (χ3n) is 14.6. The summed E-state index contributed by atoms with van der Waals surface area (Å²) in [5, 5.41) is 6.34. The van der Waals surface area contributed by atoms with Gasteiger partial charge in [-0.15, -0.1) is 0 Å². The van der Waals surface area contributed by atoms with Crippen molar-refractivity contribution in [3.8, 4) is 50.2 Å². The molecule has 1 heterocycles. The molecule has 336 valence electrons. The highest BCUT2D eigenvalue weighted by molar-refractivity contribution is 6.13. The minimum absolute atomic E-state index is 0.333. The summed E-state index contributed by atoms with van der Waals surface area (Å²) in [5.74, 6) is 0.333. The van der Waals surface area contributed by atoms with Crippen LogP contribution in [0.3, 0.4) is 0 Å². The van der Waals surface area contributed by atoms with E-state index in [9.17, 15) is 0 Å². The highest BCUT2D eigenvalue weighted by atomic mass is 15.1. The van der Waals surface area contributed by atoms with Crippen LogP contribution in [0.15, 0.2) is 267 Å². The van der Waals surface area contributed by atoms with Gasteiger partial charge in [-0.05, 0) is 133 Å². The molecular weight excluding hydrogens is 857 g/mol. The molecule has 0 aliphatic heterocycles. The quantitative estimate of drug-likeness (QED) is 0.140. The summed E-state index contributed by atoms with van der Waals surface area (Å²) in [5.41, 5.74) is 20.6. The van der Waals surface area contributed by atoms with Crippen LogP contribution in [0, 0.1) is 0 Å². The molecule has 1 unspecified atom stereocenters. The number of nitrogens with zero attached hydrogens (tertiary/aromatic N) is 2. The van der Waals surface area contributed by atoms with Gasteiger partial charge in [0.1, 0.15) is 0 Å². The number of allylic oxidation sites excluding steroid dienone is 1. The van der Waals surface area contributed by atoms with Gasteiger partial charge in [0.25, 0.3) is 0 Å². The van der Waals surface area contributed by atoms with Crippen LogP contribution in [0.2, 0.25) is 0 Å². The monoisotopic (exact) mass is 906 g/mol. The van der Waals surface area contributed by atoms with Crippen molar-refractivity contribution in [3.05, 3.63) is 284 Å². The molecule has 0 amide bonds. The van der Waals surface area contributed by atoms with E-state index < -0.39 is 0 Å². The molecule has 1 aliphatic rings. The number of rotatable bonds is 9. The molecule has 2 nitrogen and oxygen atoms in total. The van der Waals surface area contributed by atoms with Crippen molar-refractivity contribution in [3.63, 3.8) is 0 Å². The summed E-state index contributed by atoms with van der Waals surface area (Å²) in [6.07, 6.45) is 3.44. The molecule has 0 saturated heterocycles. The van der Waals surface area contributed by atoms with Crippen LogP contribution in [0.5, 0.6) is 0 Å². The first kappa shape index (κ1) is 42.1. The summed E-state index contributed by atoms with van der Waals surface area (Å²) in [7, 11) is 0. The first-order chi connectivity index (χ1) is 35.1. The van der Waals surface area contributed by atoms with E-state index in [0.29, 0.717) is 5.92 Å². The minimum Gasteiger partial charge on any atom is -0.312 e. The molecule has 0 radical (unpaired) electrons. The number of para-hydroxylation sites is 1. The van der Waals surface area contributed by atoms with E-state index in [1.54, 1.807) is 0 Å². The molecule has 1 atom stereocenters. The van der Waals surface area contributed by atoms with Gasteiger partial charge in [0, 0.05) is 50.7 Å². The lowest BCUT2D eigenvalue weighted by molar-refractivity contribution is 0.721. The third-order valence-corrected chi connectivity index (χ3v) is 14.6. The van der Waals surface area contributed by atoms with Crippen molar-refractivity contribution in [1.82, 2.24) is 4.57 Å². The lowest BCUT2D eigenvalue weighted by Crippen LogP contribution is -2.11. The Labute approximate surface area is 415 Å². The molecule has 0 bridgehead atoms. The van der Waals surface area contributed by atoms with Gasteiger partial charge in [-0.2, -0.15) is 0 Å². The molecule has 13 rings (SSSR count). The summed E-state index contributed by atoms with van der Waals surface area (Å²) in [4.78, 5) is 2.41. The highest BCUT2D eigenvalue weighted by Gasteiger charge is 2.29. The predicted molar refractivity (Wildman–Crippen MR) is 301 cm³/mol. The lowest BCUT2D eigenvalue weighted by Gasteiger charge is -2.27. The largest absolute Gasteiger partial charge is 0.312 e. The SMILES string of the molecule is CC1CC=C(c2cccc(N(c3ccc(-c4ccc(-c5cccc6ccccc56)cc4)cc3)c3ccc(-c4cccc(-c5ccccc5)c4)cc3)c2)c2c1n(-c1ccccc1)c1c2ccc2ccccc21. The van der Waals surface area contributed by atoms with Crippen molar-refractivity contribution in [2.45, 2.75) is 19.3 Å². The fraction of sp³-hybridized carbons (Fsp3) is 0.0435. The lowest BCUT2D eigenvalue weighted by atomic mass is 9.84. The molecule has 1 aliphatic carbocycles. The Morgan fingerprint density at radius 2 is 0.873 bits per heavy atom. The van der Waals surface area contributed by atoms with Gasteiger partial charge in [-0.3, -0.25) is 0 Å². The molecule has 0 fully saturated rings. The fourth-order valence-corrected chi connectivity index (χ4v) is 11.1. The topological polar surface area (TPSA) is 8.17 Å². The number of aromatic nitrogens is 1. The first-order valence-corrected chi connectivity index (χ1v) is 24.8. The van der Waals surface area contributed by atoms with E-state index in [2.05, 4.69) is 283 Å². The normalized spacial score (nSPS) is 13.3. The summed E-state index contributed by atoms with van der Waals surface area (Å²) < 4.78 is 2.55. The standard InChI is InChI=1S/C69H50N2/c1-47-29-43-64(67-66-44-38-53-18-9-11-27-65(53)69(66)71(68(47)67)58-23-6-3-7-24-58)57-22-13-25-61(46-57)70(60-41-36-51(37-42-60)56-21-12-20-55(45-56)48-15-4-2-5-16-48)59-39-34-50(35-40-59)49-30-32-54(33-31-49)63-28-14-19-52-17-8-10-26-62(52)63/h2-28,30-47H,29H2,1H3. The fourth-order valence-electron chi connectivity index (χ4n) is 11.1. The van der Waals surface area contributed by atoms with Crippen LogP contribution in [-0.4, -0.2) is 4.57 Å². The maximum atomic E-state index is 2.55. The molecule has 1 aromatic heterocycles. The summed E-state index contributed by atoms with van der Waals surface area (Å²) >= 11 is 0. The van der Waals surface area contributed by atoms with E-state index in [4.69, 9.17) is 0 Å². The van der Waals surface area contributed by atoms with E-state index in [1.165, 1.54) is 105 Å². The molecule has 0 spiro atoms. The summed E-state index contributed by atoms with van der Waals surface area (Å²) in [6, 6.07) is 95.5. The van der Waals surface area contributed by atoms with Crippen LogP contribution in [-0.2, 0) is 0 Å². The average Bonchev–Trinajstić information content (AvgIpc) is 3.81. The number of anilines is 3. The van der Waals surface area contributed by atoms with Crippen molar-refractivity contribution in [1.29, 1.82) is 0 Å². The Kier molecular flexibility index (Phi) is 10.6. The smallest absolute Gasteiger partial charge is 0.0616 e. The zero-order chi connectivity index (χ0) is 47.3. The molecule has 12 aromatic rings. The van der Waals surface area contributed by atoms with Crippen LogP contribution in [0.4, 0.5) is 17.1 Å². The van der Waals surface area contributed by atoms with Crippen LogP contribution >= 0.6 is 0 Å². The Balaban J connectivity index is 0.909. The van der Waals surface area contributed by atoms with Gasteiger partial charge in [-0.25, -0.2) is 0 Å². The Hall–Kier alpha value is -8.98. The molecule has 11 aromatic carbocycles. The van der Waals surface area contributed by atoms with Crippen molar-refractivity contribution < 1.29 is 0 Å². The Bertz CT molecular complexity index is 3930. The number of hydrogen-bond donors (Lipinski definition) is 0. The summed E-state index contributed by atoms with van der Waals surface area (Å²) in [6.45, 7) is 2.38. The third kappa shape index (κ3) is 7.62. The molecule has 0 N–H and O–H groups in total. The first-order valence-electron chi connectivity index (χ1n) is 24.8. The maximum absolute atomic E-state index is 2.55. The van der Waals surface area contributed by atoms with E-state index >= 15 is 0 Å². The van der Waals surface area contributed by atoms with Gasteiger partial charge in [0.2, 0.25) is 0 Å². The Morgan fingerprint density at radius 3 is 1.58 bits per heavy atom. The Morgan fingerprint density at radius 1 is 0.366 bits per heavy atom. The maximum Gasteiger partial charge on any atom is 0.0616 e. The van der Waals surface area contributed by atoms with Crippen molar-refractivity contribution >= 4 is 55.1 Å². The second-order valence-electron chi connectivity index (χ2n) is 18.9. The van der Waals surface area contributed by atoms with Gasteiger partial charge in [0.15, 0.2) is 0 Å². The number of fused-ring (bicyclic) bond motifs is 6. The molecular formula is C69H50N2. The molecule has 0 saturated carbocycles. The van der Waals surface area contributed by atoms with Gasteiger partial charge >= 0.3 is 0 Å². The highest BCUT2D eigenvalue weighted by Crippen LogP contribution is 2.48. The second-order valence-corrected chi connectivity index (χ2v) is 18.9. The van der Waals surface area contributed by atoms with Crippen LogP contribution < -0.4 is 4.90 Å². The van der Waals surface area contributed by atoms with E-state index in [0.717, 1.165) is 23.5 Å². The predicted octanol–water partition coefficient (Wildman–Crippen LogP) is 19.0. The number of benzene rings is 11. The van der Waals surface area contributed by atoms with Crippen molar-refractivity contribution in [2.24, 2.45) is 0 Å². The van der Waals surface area contributed by atoms with Gasteiger partial charge in [-0.1, -0.05) is 219 Å².